The van der Waals surface area contributed by atoms with Gasteiger partial charge in [-0.15, -0.1) is 0 Å². The van der Waals surface area contributed by atoms with Crippen LogP contribution in [0.1, 0.15) is 5.56 Å². The predicted octanol–water partition coefficient (Wildman–Crippen LogP) is 1.97. The van der Waals surface area contributed by atoms with Crippen LogP contribution in [0.3, 0.4) is 0 Å². The van der Waals surface area contributed by atoms with E-state index in [2.05, 4.69) is 15.0 Å². The van der Waals surface area contributed by atoms with Gasteiger partial charge in [-0.1, -0.05) is 30.3 Å². The maximum atomic E-state index is 10.2. The highest BCUT2D eigenvalue weighted by molar-refractivity contribution is 5.87. The molecule has 2 N–H and O–H groups in total. The number of aliphatic hydroxyl groups excluding tert-OH is 1. The van der Waals surface area contributed by atoms with Crippen molar-refractivity contribution in [3.8, 4) is 0 Å². The summed E-state index contributed by atoms with van der Waals surface area (Å²) in [5, 5.41) is 11.1. The van der Waals surface area contributed by atoms with E-state index in [1.165, 1.54) is 6.33 Å². The predicted molar refractivity (Wildman–Crippen MR) is 89.3 cm³/mol. The maximum absolute atomic E-state index is 10.2. The fourth-order valence-corrected chi connectivity index (χ4v) is 2.51. The minimum Gasteiger partial charge on any atom is -0.389 e. The summed E-state index contributed by atoms with van der Waals surface area (Å²) in [4.78, 5) is 13.4. The summed E-state index contributed by atoms with van der Waals surface area (Å²) >= 11 is 0. The Kier molecular flexibility index (Phi) is 4.85. The zero-order valence-electron chi connectivity index (χ0n) is 13.0. The van der Waals surface area contributed by atoms with Crippen molar-refractivity contribution in [2.24, 2.45) is 0 Å². The molecule has 1 atom stereocenters. The Morgan fingerprint density at radius 1 is 1.22 bits per heavy atom. The molecular formula is C17H20N4O2. The highest BCUT2D eigenvalue weighted by atomic mass is 16.5. The smallest absolute Gasteiger partial charge is 0.142 e. The van der Waals surface area contributed by atoms with Gasteiger partial charge >= 0.3 is 0 Å². The number of rotatable bonds is 7. The van der Waals surface area contributed by atoms with Crippen LogP contribution in [-0.4, -0.2) is 46.4 Å². The summed E-state index contributed by atoms with van der Waals surface area (Å²) in [6, 6.07) is 11.8. The van der Waals surface area contributed by atoms with Crippen LogP contribution in [0.5, 0.6) is 0 Å². The molecule has 6 heteroatoms. The molecule has 0 radical (unpaired) electrons. The molecule has 0 spiro atoms. The van der Waals surface area contributed by atoms with Gasteiger partial charge in [-0.2, -0.15) is 0 Å². The van der Waals surface area contributed by atoms with Gasteiger partial charge in [0.2, 0.25) is 0 Å². The fourth-order valence-electron chi connectivity index (χ4n) is 2.51. The Bertz CT molecular complexity index is 744. The van der Waals surface area contributed by atoms with E-state index in [4.69, 9.17) is 4.74 Å². The molecule has 3 rings (SSSR count). The summed E-state index contributed by atoms with van der Waals surface area (Å²) in [6.45, 7) is 1.21. The van der Waals surface area contributed by atoms with E-state index in [1.54, 1.807) is 0 Å². The maximum Gasteiger partial charge on any atom is 0.142 e. The lowest BCUT2D eigenvalue weighted by Crippen LogP contribution is -2.32. The molecule has 1 aromatic carbocycles. The second-order valence-corrected chi connectivity index (χ2v) is 5.47. The van der Waals surface area contributed by atoms with Crippen LogP contribution in [0.15, 0.2) is 48.9 Å². The standard InChI is InChI=1S/C17H20N4O2/c1-21(17-15-7-8-18-16(15)19-12-20-17)9-14(22)11-23-10-13-5-3-2-4-6-13/h2-8,12,14,22H,9-11H2,1H3,(H,18,19,20)/t14-/m1/s1. The molecular weight excluding hydrogens is 292 g/mol. The number of H-pyrrole nitrogens is 1. The molecule has 23 heavy (non-hydrogen) atoms. The largest absolute Gasteiger partial charge is 0.389 e. The van der Waals surface area contributed by atoms with E-state index in [0.717, 1.165) is 22.4 Å². The Labute approximate surface area is 134 Å². The van der Waals surface area contributed by atoms with E-state index in [-0.39, 0.29) is 6.61 Å². The van der Waals surface area contributed by atoms with Crippen molar-refractivity contribution in [3.63, 3.8) is 0 Å². The molecule has 0 fully saturated rings. The highest BCUT2D eigenvalue weighted by Gasteiger charge is 2.13. The lowest BCUT2D eigenvalue weighted by Gasteiger charge is -2.22. The van der Waals surface area contributed by atoms with Gasteiger partial charge in [-0.25, -0.2) is 9.97 Å². The van der Waals surface area contributed by atoms with E-state index in [0.29, 0.717) is 13.2 Å². The van der Waals surface area contributed by atoms with Crippen molar-refractivity contribution in [2.45, 2.75) is 12.7 Å². The SMILES string of the molecule is CN(C[C@@H](O)COCc1ccccc1)c1ncnc2[nH]ccc12. The number of hydrogen-bond acceptors (Lipinski definition) is 5. The third kappa shape index (κ3) is 3.85. The molecule has 2 aromatic heterocycles. The molecule has 0 unspecified atom stereocenters. The van der Waals surface area contributed by atoms with E-state index in [9.17, 15) is 5.11 Å². The third-order valence-electron chi connectivity index (χ3n) is 3.60. The minimum atomic E-state index is -0.590. The molecule has 3 aromatic rings. The van der Waals surface area contributed by atoms with Crippen molar-refractivity contribution >= 4 is 16.9 Å². The van der Waals surface area contributed by atoms with Gasteiger partial charge in [0.15, 0.2) is 0 Å². The number of nitrogens with one attached hydrogen (secondary N) is 1. The van der Waals surface area contributed by atoms with Crippen LogP contribution in [-0.2, 0) is 11.3 Å². The second kappa shape index (κ2) is 7.21. The van der Waals surface area contributed by atoms with Crippen LogP contribution in [0.2, 0.25) is 0 Å². The number of ether oxygens (including phenoxy) is 1. The molecule has 0 bridgehead atoms. The van der Waals surface area contributed by atoms with Crippen molar-refractivity contribution in [2.75, 3.05) is 25.1 Å². The lowest BCUT2D eigenvalue weighted by atomic mass is 10.2. The summed E-state index contributed by atoms with van der Waals surface area (Å²) in [6.07, 6.45) is 2.76. The van der Waals surface area contributed by atoms with Crippen molar-refractivity contribution in [3.05, 3.63) is 54.5 Å². The van der Waals surface area contributed by atoms with Crippen LogP contribution in [0.4, 0.5) is 5.82 Å². The molecule has 2 heterocycles. The summed E-state index contributed by atoms with van der Waals surface area (Å²) < 4.78 is 5.58. The van der Waals surface area contributed by atoms with Crippen LogP contribution in [0.25, 0.3) is 11.0 Å². The number of aromatic nitrogens is 3. The van der Waals surface area contributed by atoms with Crippen molar-refractivity contribution in [1.82, 2.24) is 15.0 Å². The average Bonchev–Trinajstić information content (AvgIpc) is 3.04. The van der Waals surface area contributed by atoms with E-state index < -0.39 is 6.10 Å². The van der Waals surface area contributed by atoms with E-state index >= 15 is 0 Å². The zero-order chi connectivity index (χ0) is 16.1. The third-order valence-corrected chi connectivity index (χ3v) is 3.60. The molecule has 0 amide bonds. The monoisotopic (exact) mass is 312 g/mol. The van der Waals surface area contributed by atoms with E-state index in [1.807, 2.05) is 54.5 Å². The Hall–Kier alpha value is -2.44. The molecule has 120 valence electrons. The average molecular weight is 312 g/mol. The number of fused-ring (bicyclic) bond motifs is 1. The van der Waals surface area contributed by atoms with Crippen LogP contribution >= 0.6 is 0 Å². The number of aromatic amines is 1. The quantitative estimate of drug-likeness (QED) is 0.698. The first-order valence-electron chi connectivity index (χ1n) is 7.53. The van der Waals surface area contributed by atoms with Gasteiger partial charge in [0, 0.05) is 19.8 Å². The zero-order valence-corrected chi connectivity index (χ0v) is 13.0. The van der Waals surface area contributed by atoms with Gasteiger partial charge in [0.1, 0.15) is 17.8 Å². The normalized spacial score (nSPS) is 12.4. The van der Waals surface area contributed by atoms with Gasteiger partial charge < -0.3 is 19.7 Å². The Morgan fingerprint density at radius 3 is 2.87 bits per heavy atom. The fraction of sp³-hybridized carbons (Fsp3) is 0.294. The molecule has 0 saturated carbocycles. The van der Waals surface area contributed by atoms with Gasteiger partial charge in [-0.3, -0.25) is 0 Å². The molecule has 0 aliphatic rings. The van der Waals surface area contributed by atoms with Crippen molar-refractivity contribution < 1.29 is 9.84 Å². The number of nitrogens with zero attached hydrogens (tertiary/aromatic N) is 3. The number of likely N-dealkylation sites (N-methyl/N-ethyl adjacent to an activating group) is 1. The van der Waals surface area contributed by atoms with Crippen molar-refractivity contribution in [1.29, 1.82) is 0 Å². The second-order valence-electron chi connectivity index (χ2n) is 5.47. The molecule has 0 aliphatic carbocycles. The number of benzene rings is 1. The van der Waals surface area contributed by atoms with Gasteiger partial charge in [-0.05, 0) is 11.6 Å². The minimum absolute atomic E-state index is 0.278. The van der Waals surface area contributed by atoms with Crippen LogP contribution in [0, 0.1) is 0 Å². The first kappa shape index (κ1) is 15.5. The molecule has 0 saturated heterocycles. The summed E-state index contributed by atoms with van der Waals surface area (Å²) in [5.41, 5.74) is 1.88. The Morgan fingerprint density at radius 2 is 2.04 bits per heavy atom. The first-order chi connectivity index (χ1) is 11.2. The lowest BCUT2D eigenvalue weighted by molar-refractivity contribution is 0.0324. The van der Waals surface area contributed by atoms with Gasteiger partial charge in [0.25, 0.3) is 0 Å². The van der Waals surface area contributed by atoms with Gasteiger partial charge in [0.05, 0.1) is 24.7 Å². The topological polar surface area (TPSA) is 74.3 Å². The first-order valence-corrected chi connectivity index (χ1v) is 7.53. The number of anilines is 1. The highest BCUT2D eigenvalue weighted by Crippen LogP contribution is 2.20. The summed E-state index contributed by atoms with van der Waals surface area (Å²) in [5.74, 6) is 0.790. The molecule has 6 nitrogen and oxygen atoms in total. The summed E-state index contributed by atoms with van der Waals surface area (Å²) in [7, 11) is 1.90. The van der Waals surface area contributed by atoms with Crippen LogP contribution < -0.4 is 4.90 Å². The number of hydrogen-bond donors (Lipinski definition) is 2. The number of aliphatic hydroxyl groups is 1. The Balaban J connectivity index is 1.53. The molecule has 0 aliphatic heterocycles.